The van der Waals surface area contributed by atoms with Gasteiger partial charge in [0.05, 0.1) is 11.6 Å². The fourth-order valence-corrected chi connectivity index (χ4v) is 3.02. The number of carbonyl (C=O) groups excluding carboxylic acids is 2. The number of methoxy groups -OCH3 is 1. The summed E-state index contributed by atoms with van der Waals surface area (Å²) in [7, 11) is 1.51. The molecule has 7 heteroatoms. The molecule has 0 unspecified atom stereocenters. The van der Waals surface area contributed by atoms with Crippen molar-refractivity contribution < 1.29 is 19.1 Å². The van der Waals surface area contributed by atoms with Crippen LogP contribution in [-0.2, 0) is 11.4 Å². The van der Waals surface area contributed by atoms with Gasteiger partial charge in [0.25, 0.3) is 5.91 Å². The number of ether oxygens (including phenoxy) is 2. The third-order valence-electron chi connectivity index (χ3n) is 4.01. The molecule has 0 bridgehead atoms. The number of halogens is 1. The smallest absolute Gasteiger partial charge is 0.252 e. The number of carbonyl (C=O) groups is 2. The Morgan fingerprint density at radius 1 is 1.18 bits per heavy atom. The van der Waals surface area contributed by atoms with Gasteiger partial charge in [-0.3, -0.25) is 9.59 Å². The van der Waals surface area contributed by atoms with Crippen molar-refractivity contribution in [3.8, 4) is 11.5 Å². The number of rotatable bonds is 9. The Bertz CT molecular complexity index is 812. The normalized spacial score (nSPS) is 11.4. The molecule has 0 aromatic heterocycles. The van der Waals surface area contributed by atoms with Crippen LogP contribution in [-0.4, -0.2) is 31.5 Å². The van der Waals surface area contributed by atoms with Gasteiger partial charge in [0.2, 0.25) is 5.91 Å². The molecule has 2 aromatic rings. The Balaban J connectivity index is 2.10. The molecule has 0 saturated carbocycles. The van der Waals surface area contributed by atoms with E-state index in [1.807, 2.05) is 37.3 Å². The lowest BCUT2D eigenvalue weighted by atomic mass is 10.1. The summed E-state index contributed by atoms with van der Waals surface area (Å²) < 4.78 is 11.9. The average molecular weight is 449 g/mol. The van der Waals surface area contributed by atoms with Crippen molar-refractivity contribution in [2.75, 3.05) is 13.7 Å². The molecule has 2 rings (SSSR count). The van der Waals surface area contributed by atoms with Crippen molar-refractivity contribution in [1.29, 1.82) is 0 Å². The standard InChI is InChI=1S/C21H25BrN2O4/c1-4-10-23-20(25)14(2)24-21(26)16-11-17(22)19(18(12-16)27-3)28-13-15-8-6-5-7-9-15/h5-9,11-12,14H,4,10,13H2,1-3H3,(H,23,25)(H,24,26)/t14-/m0/s1. The number of hydrogen-bond acceptors (Lipinski definition) is 4. The molecule has 150 valence electrons. The van der Waals surface area contributed by atoms with E-state index < -0.39 is 6.04 Å². The van der Waals surface area contributed by atoms with Crippen molar-refractivity contribution in [3.05, 3.63) is 58.1 Å². The van der Waals surface area contributed by atoms with Crippen LogP contribution in [0.4, 0.5) is 0 Å². The van der Waals surface area contributed by atoms with E-state index in [2.05, 4.69) is 26.6 Å². The minimum Gasteiger partial charge on any atom is -0.493 e. The molecule has 0 radical (unpaired) electrons. The second-order valence-electron chi connectivity index (χ2n) is 6.25. The molecule has 0 aliphatic carbocycles. The van der Waals surface area contributed by atoms with Gasteiger partial charge in [-0.15, -0.1) is 0 Å². The van der Waals surface area contributed by atoms with Crippen LogP contribution in [0.2, 0.25) is 0 Å². The number of nitrogens with one attached hydrogen (secondary N) is 2. The maximum absolute atomic E-state index is 12.5. The predicted octanol–water partition coefficient (Wildman–Crippen LogP) is 3.68. The zero-order valence-corrected chi connectivity index (χ0v) is 17.8. The van der Waals surface area contributed by atoms with Crippen LogP contribution in [0.5, 0.6) is 11.5 Å². The van der Waals surface area contributed by atoms with Gasteiger partial charge in [-0.05, 0) is 47.0 Å². The lowest BCUT2D eigenvalue weighted by molar-refractivity contribution is -0.122. The largest absolute Gasteiger partial charge is 0.493 e. The van der Waals surface area contributed by atoms with Gasteiger partial charge < -0.3 is 20.1 Å². The van der Waals surface area contributed by atoms with Crippen LogP contribution in [0.3, 0.4) is 0 Å². The van der Waals surface area contributed by atoms with Crippen molar-refractivity contribution >= 4 is 27.7 Å². The van der Waals surface area contributed by atoms with E-state index in [-0.39, 0.29) is 11.8 Å². The second-order valence-corrected chi connectivity index (χ2v) is 7.10. The van der Waals surface area contributed by atoms with Crippen LogP contribution in [0.25, 0.3) is 0 Å². The molecule has 0 spiro atoms. The van der Waals surface area contributed by atoms with Crippen LogP contribution in [0.15, 0.2) is 46.9 Å². The number of benzene rings is 2. The van der Waals surface area contributed by atoms with E-state index in [9.17, 15) is 9.59 Å². The van der Waals surface area contributed by atoms with Crippen molar-refractivity contribution in [2.24, 2.45) is 0 Å². The summed E-state index contributed by atoms with van der Waals surface area (Å²) in [5.41, 5.74) is 1.39. The Morgan fingerprint density at radius 2 is 1.89 bits per heavy atom. The molecule has 0 saturated heterocycles. The lowest BCUT2D eigenvalue weighted by Gasteiger charge is -2.16. The molecule has 2 amide bonds. The topological polar surface area (TPSA) is 76.7 Å². The zero-order valence-electron chi connectivity index (χ0n) is 16.3. The highest BCUT2D eigenvalue weighted by atomic mass is 79.9. The Labute approximate surface area is 173 Å². The molecule has 28 heavy (non-hydrogen) atoms. The quantitative estimate of drug-likeness (QED) is 0.613. The van der Waals surface area contributed by atoms with E-state index in [0.29, 0.717) is 34.7 Å². The van der Waals surface area contributed by atoms with E-state index in [1.54, 1.807) is 19.1 Å². The first-order chi connectivity index (χ1) is 13.5. The monoisotopic (exact) mass is 448 g/mol. The van der Waals surface area contributed by atoms with Gasteiger partial charge in [0.1, 0.15) is 12.6 Å². The highest BCUT2D eigenvalue weighted by Gasteiger charge is 2.19. The van der Waals surface area contributed by atoms with Gasteiger partial charge in [-0.2, -0.15) is 0 Å². The average Bonchev–Trinajstić information content (AvgIpc) is 2.71. The third kappa shape index (κ3) is 5.99. The molecular weight excluding hydrogens is 424 g/mol. The number of hydrogen-bond donors (Lipinski definition) is 2. The Kier molecular flexibility index (Phi) is 8.32. The second kappa shape index (κ2) is 10.7. The first-order valence-electron chi connectivity index (χ1n) is 9.09. The van der Waals surface area contributed by atoms with Crippen molar-refractivity contribution in [2.45, 2.75) is 32.9 Å². The van der Waals surface area contributed by atoms with Crippen molar-refractivity contribution in [1.82, 2.24) is 10.6 Å². The van der Waals surface area contributed by atoms with E-state index in [0.717, 1.165) is 12.0 Å². The molecule has 6 nitrogen and oxygen atoms in total. The van der Waals surface area contributed by atoms with Gasteiger partial charge in [-0.1, -0.05) is 37.3 Å². The van der Waals surface area contributed by atoms with Gasteiger partial charge >= 0.3 is 0 Å². The fraction of sp³-hybridized carbons (Fsp3) is 0.333. The Morgan fingerprint density at radius 3 is 2.54 bits per heavy atom. The summed E-state index contributed by atoms with van der Waals surface area (Å²) in [5.74, 6) is 0.354. The first-order valence-corrected chi connectivity index (χ1v) is 9.88. The predicted molar refractivity (Wildman–Crippen MR) is 112 cm³/mol. The number of amides is 2. The van der Waals surface area contributed by atoms with Gasteiger partial charge in [0.15, 0.2) is 11.5 Å². The fourth-order valence-electron chi connectivity index (χ4n) is 2.47. The first kappa shape index (κ1) is 21.8. The summed E-state index contributed by atoms with van der Waals surface area (Å²) in [5, 5.41) is 5.45. The molecule has 1 atom stereocenters. The summed E-state index contributed by atoms with van der Waals surface area (Å²) in [6, 6.07) is 12.4. The SMILES string of the molecule is CCCNC(=O)[C@H](C)NC(=O)c1cc(Br)c(OCc2ccccc2)c(OC)c1. The lowest BCUT2D eigenvalue weighted by Crippen LogP contribution is -2.45. The maximum Gasteiger partial charge on any atom is 0.252 e. The van der Waals surface area contributed by atoms with Crippen LogP contribution < -0.4 is 20.1 Å². The Hall–Kier alpha value is -2.54. The molecule has 0 aliphatic rings. The summed E-state index contributed by atoms with van der Waals surface area (Å²) >= 11 is 3.45. The zero-order chi connectivity index (χ0) is 20.5. The van der Waals surface area contributed by atoms with Crippen LogP contribution in [0.1, 0.15) is 36.2 Å². The maximum atomic E-state index is 12.5. The summed E-state index contributed by atoms with van der Waals surface area (Å²) in [6.07, 6.45) is 0.834. The van der Waals surface area contributed by atoms with E-state index in [4.69, 9.17) is 9.47 Å². The minimum atomic E-state index is -0.641. The molecule has 0 aliphatic heterocycles. The summed E-state index contributed by atoms with van der Waals surface area (Å²) in [6.45, 7) is 4.56. The molecule has 0 fully saturated rings. The van der Waals surface area contributed by atoms with E-state index in [1.165, 1.54) is 7.11 Å². The molecule has 2 aromatic carbocycles. The van der Waals surface area contributed by atoms with Gasteiger partial charge in [0, 0.05) is 12.1 Å². The molecule has 2 N–H and O–H groups in total. The third-order valence-corrected chi connectivity index (χ3v) is 4.60. The highest BCUT2D eigenvalue weighted by Crippen LogP contribution is 2.37. The minimum absolute atomic E-state index is 0.218. The van der Waals surface area contributed by atoms with Crippen LogP contribution in [0, 0.1) is 0 Å². The van der Waals surface area contributed by atoms with Crippen LogP contribution >= 0.6 is 15.9 Å². The van der Waals surface area contributed by atoms with Gasteiger partial charge in [-0.25, -0.2) is 0 Å². The molecular formula is C21H25BrN2O4. The molecule has 0 heterocycles. The van der Waals surface area contributed by atoms with Crippen molar-refractivity contribution in [3.63, 3.8) is 0 Å². The highest BCUT2D eigenvalue weighted by molar-refractivity contribution is 9.10. The summed E-state index contributed by atoms with van der Waals surface area (Å²) in [4.78, 5) is 24.5. The van der Waals surface area contributed by atoms with E-state index >= 15 is 0 Å².